The van der Waals surface area contributed by atoms with E-state index in [4.69, 9.17) is 6.42 Å². The third-order valence-corrected chi connectivity index (χ3v) is 2.05. The minimum atomic E-state index is -0.236. The fourth-order valence-corrected chi connectivity index (χ4v) is 1.29. The van der Waals surface area contributed by atoms with Crippen LogP contribution in [0.15, 0.2) is 0 Å². The summed E-state index contributed by atoms with van der Waals surface area (Å²) in [6.07, 6.45) is 7.28. The quantitative estimate of drug-likeness (QED) is 0.649. The van der Waals surface area contributed by atoms with Gasteiger partial charge in [0, 0.05) is 6.04 Å². The molecule has 0 aromatic rings. The highest BCUT2D eigenvalue weighted by Gasteiger charge is 2.16. The van der Waals surface area contributed by atoms with Gasteiger partial charge in [-0.15, -0.1) is 6.42 Å². The van der Waals surface area contributed by atoms with Gasteiger partial charge in [-0.1, -0.05) is 19.3 Å². The zero-order chi connectivity index (χ0) is 11.8. The Morgan fingerprint density at radius 3 is 2.40 bits per heavy atom. The van der Waals surface area contributed by atoms with E-state index >= 15 is 0 Å². The van der Waals surface area contributed by atoms with E-state index in [2.05, 4.69) is 23.5 Å². The van der Waals surface area contributed by atoms with Gasteiger partial charge in [-0.05, 0) is 27.2 Å². The molecule has 0 aliphatic carbocycles. The highest BCUT2D eigenvalue weighted by Crippen LogP contribution is 1.97. The van der Waals surface area contributed by atoms with E-state index < -0.39 is 0 Å². The molecule has 2 atom stereocenters. The van der Waals surface area contributed by atoms with Gasteiger partial charge in [0.1, 0.15) is 0 Å². The summed E-state index contributed by atoms with van der Waals surface area (Å²) >= 11 is 0. The molecule has 0 heterocycles. The first-order valence-corrected chi connectivity index (χ1v) is 5.53. The molecular weight excluding hydrogens is 188 g/mol. The SMILES string of the molecule is C#CC(CCC)NC(C)C(=O)NC(C)C. The molecular formula is C12H22N2O. The molecule has 0 radical (unpaired) electrons. The lowest BCUT2D eigenvalue weighted by atomic mass is 10.1. The van der Waals surface area contributed by atoms with Crippen molar-refractivity contribution in [2.45, 2.75) is 58.7 Å². The summed E-state index contributed by atoms with van der Waals surface area (Å²) in [5, 5.41) is 5.97. The molecule has 0 aromatic heterocycles. The van der Waals surface area contributed by atoms with E-state index in [-0.39, 0.29) is 24.0 Å². The minimum Gasteiger partial charge on any atom is -0.353 e. The number of amides is 1. The first-order valence-electron chi connectivity index (χ1n) is 5.53. The molecule has 15 heavy (non-hydrogen) atoms. The molecule has 0 bridgehead atoms. The van der Waals surface area contributed by atoms with E-state index in [1.165, 1.54) is 0 Å². The van der Waals surface area contributed by atoms with Crippen molar-refractivity contribution in [3.8, 4) is 12.3 Å². The fourth-order valence-electron chi connectivity index (χ4n) is 1.29. The van der Waals surface area contributed by atoms with Gasteiger partial charge in [0.15, 0.2) is 0 Å². The van der Waals surface area contributed by atoms with Gasteiger partial charge >= 0.3 is 0 Å². The van der Waals surface area contributed by atoms with Gasteiger partial charge in [-0.2, -0.15) is 0 Å². The Hall–Kier alpha value is -1.01. The summed E-state index contributed by atoms with van der Waals surface area (Å²) in [4.78, 5) is 11.6. The predicted octanol–water partition coefficient (Wildman–Crippen LogP) is 1.29. The zero-order valence-corrected chi connectivity index (χ0v) is 10.1. The molecule has 0 spiro atoms. The average molecular weight is 210 g/mol. The molecule has 3 heteroatoms. The van der Waals surface area contributed by atoms with Crippen LogP contribution in [0.2, 0.25) is 0 Å². The van der Waals surface area contributed by atoms with Crippen molar-refractivity contribution < 1.29 is 4.79 Å². The van der Waals surface area contributed by atoms with Crippen molar-refractivity contribution in [3.63, 3.8) is 0 Å². The summed E-state index contributed by atoms with van der Waals surface area (Å²) in [5.74, 6) is 2.65. The lowest BCUT2D eigenvalue weighted by Gasteiger charge is -2.19. The first kappa shape index (κ1) is 14.0. The lowest BCUT2D eigenvalue weighted by Crippen LogP contribution is -2.47. The van der Waals surface area contributed by atoms with Gasteiger partial charge in [0.2, 0.25) is 5.91 Å². The van der Waals surface area contributed by atoms with Gasteiger partial charge < -0.3 is 5.32 Å². The maximum absolute atomic E-state index is 11.6. The van der Waals surface area contributed by atoms with Gasteiger partial charge in [-0.3, -0.25) is 10.1 Å². The Kier molecular flexibility index (Phi) is 6.81. The maximum atomic E-state index is 11.6. The summed E-state index contributed by atoms with van der Waals surface area (Å²) in [7, 11) is 0. The second-order valence-electron chi connectivity index (χ2n) is 4.06. The normalized spacial score (nSPS) is 14.4. The highest BCUT2D eigenvalue weighted by atomic mass is 16.2. The number of hydrogen-bond acceptors (Lipinski definition) is 2. The molecule has 0 fully saturated rings. The molecule has 3 nitrogen and oxygen atoms in total. The van der Waals surface area contributed by atoms with Crippen LogP contribution in [0, 0.1) is 12.3 Å². The van der Waals surface area contributed by atoms with E-state index in [0.29, 0.717) is 0 Å². The molecule has 0 aromatic carbocycles. The predicted molar refractivity (Wildman–Crippen MR) is 63.4 cm³/mol. The number of nitrogens with one attached hydrogen (secondary N) is 2. The van der Waals surface area contributed by atoms with Crippen molar-refractivity contribution in [2.75, 3.05) is 0 Å². The van der Waals surface area contributed by atoms with Crippen LogP contribution < -0.4 is 10.6 Å². The standard InChI is InChI=1S/C12H22N2O/c1-6-8-11(7-2)14-10(5)12(15)13-9(3)4/h2,9-11,14H,6,8H2,1,3-5H3,(H,13,15). The number of carbonyl (C=O) groups excluding carboxylic acids is 1. The molecule has 1 amide bonds. The van der Waals surface area contributed by atoms with E-state index in [9.17, 15) is 4.79 Å². The Morgan fingerprint density at radius 1 is 1.40 bits per heavy atom. The molecule has 0 saturated heterocycles. The van der Waals surface area contributed by atoms with Crippen molar-refractivity contribution in [2.24, 2.45) is 0 Å². The minimum absolute atomic E-state index is 0.00125. The van der Waals surface area contributed by atoms with Gasteiger partial charge in [-0.25, -0.2) is 0 Å². The second kappa shape index (κ2) is 7.30. The monoisotopic (exact) mass is 210 g/mol. The van der Waals surface area contributed by atoms with Crippen molar-refractivity contribution in [1.29, 1.82) is 0 Å². The molecule has 2 N–H and O–H groups in total. The average Bonchev–Trinajstić information content (AvgIpc) is 2.15. The molecule has 0 aliphatic rings. The smallest absolute Gasteiger partial charge is 0.237 e. The molecule has 0 aliphatic heterocycles. The Bertz CT molecular complexity index is 230. The largest absolute Gasteiger partial charge is 0.353 e. The van der Waals surface area contributed by atoms with Crippen LogP contribution in [0.5, 0.6) is 0 Å². The van der Waals surface area contributed by atoms with Crippen LogP contribution in [0.1, 0.15) is 40.5 Å². The molecule has 2 unspecified atom stereocenters. The van der Waals surface area contributed by atoms with Crippen LogP contribution >= 0.6 is 0 Å². The molecule has 86 valence electrons. The summed E-state index contributed by atoms with van der Waals surface area (Å²) in [5.41, 5.74) is 0. The van der Waals surface area contributed by atoms with Crippen LogP contribution in [0.25, 0.3) is 0 Å². The Balaban J connectivity index is 4.05. The van der Waals surface area contributed by atoms with Crippen LogP contribution in [0.4, 0.5) is 0 Å². The van der Waals surface area contributed by atoms with E-state index in [1.807, 2.05) is 20.8 Å². The molecule has 0 saturated carbocycles. The van der Waals surface area contributed by atoms with Crippen LogP contribution in [-0.4, -0.2) is 24.0 Å². The topological polar surface area (TPSA) is 41.1 Å². The van der Waals surface area contributed by atoms with Crippen molar-refractivity contribution >= 4 is 5.91 Å². The third kappa shape index (κ3) is 6.14. The number of carbonyl (C=O) groups is 1. The third-order valence-electron chi connectivity index (χ3n) is 2.05. The van der Waals surface area contributed by atoms with Crippen molar-refractivity contribution in [1.82, 2.24) is 10.6 Å². The van der Waals surface area contributed by atoms with Crippen molar-refractivity contribution in [3.05, 3.63) is 0 Å². The lowest BCUT2D eigenvalue weighted by molar-refractivity contribution is -0.123. The second-order valence-corrected chi connectivity index (χ2v) is 4.06. The van der Waals surface area contributed by atoms with E-state index in [1.54, 1.807) is 0 Å². The van der Waals surface area contributed by atoms with Crippen LogP contribution in [0.3, 0.4) is 0 Å². The zero-order valence-electron chi connectivity index (χ0n) is 10.1. The maximum Gasteiger partial charge on any atom is 0.237 e. The summed E-state index contributed by atoms with van der Waals surface area (Å²) < 4.78 is 0. The highest BCUT2D eigenvalue weighted by molar-refractivity contribution is 5.81. The fraction of sp³-hybridized carbons (Fsp3) is 0.750. The van der Waals surface area contributed by atoms with Gasteiger partial charge in [0.05, 0.1) is 12.1 Å². The van der Waals surface area contributed by atoms with Crippen LogP contribution in [-0.2, 0) is 4.79 Å². The Morgan fingerprint density at radius 2 is 2.00 bits per heavy atom. The van der Waals surface area contributed by atoms with Gasteiger partial charge in [0.25, 0.3) is 0 Å². The first-order chi connectivity index (χ1) is 7.01. The molecule has 0 rings (SSSR count). The number of hydrogen-bond donors (Lipinski definition) is 2. The Labute approximate surface area is 93.0 Å². The van der Waals surface area contributed by atoms with E-state index in [0.717, 1.165) is 12.8 Å². The number of rotatable bonds is 6. The number of terminal acetylenes is 1. The summed E-state index contributed by atoms with van der Waals surface area (Å²) in [6, 6.07) is -0.0832. The summed E-state index contributed by atoms with van der Waals surface area (Å²) in [6.45, 7) is 7.78.